The molecule has 6 nitrogen and oxygen atoms in total. The quantitative estimate of drug-likeness (QED) is 0.490. The van der Waals surface area contributed by atoms with Crippen molar-refractivity contribution < 1.29 is 8.95 Å². The predicted octanol–water partition coefficient (Wildman–Crippen LogP) is 2.21. The van der Waals surface area contributed by atoms with Crippen LogP contribution >= 0.6 is 0 Å². The van der Waals surface area contributed by atoms with Gasteiger partial charge >= 0.3 is 0 Å². The van der Waals surface area contributed by atoms with Crippen molar-refractivity contribution in [2.24, 2.45) is 4.99 Å². The largest absolute Gasteiger partial charge is 0.492 e. The highest BCUT2D eigenvalue weighted by atomic mass is 32.2. The Morgan fingerprint density at radius 3 is 2.37 bits per heavy atom. The maximum Gasteiger partial charge on any atom is 0.193 e. The average molecular weight is 429 g/mol. The molecule has 162 valence electrons. The average Bonchev–Trinajstić information content (AvgIpc) is 2.79. The third-order valence-electron chi connectivity index (χ3n) is 5.09. The lowest BCUT2D eigenvalue weighted by Crippen LogP contribution is -2.53. The number of piperazine rings is 1. The van der Waals surface area contributed by atoms with E-state index in [4.69, 9.17) is 4.74 Å². The summed E-state index contributed by atoms with van der Waals surface area (Å²) in [5, 5.41) is 3.37. The summed E-state index contributed by atoms with van der Waals surface area (Å²) in [6.07, 6.45) is 0. The second-order valence-electron chi connectivity index (χ2n) is 7.24. The fourth-order valence-corrected chi connectivity index (χ4v) is 4.47. The Morgan fingerprint density at radius 1 is 1.03 bits per heavy atom. The van der Waals surface area contributed by atoms with Crippen LogP contribution in [0.25, 0.3) is 0 Å². The van der Waals surface area contributed by atoms with Gasteiger partial charge in [-0.05, 0) is 17.7 Å². The molecule has 2 aromatic carbocycles. The summed E-state index contributed by atoms with van der Waals surface area (Å²) in [7, 11) is 0.931. The van der Waals surface area contributed by atoms with Gasteiger partial charge in [0, 0.05) is 68.6 Å². The van der Waals surface area contributed by atoms with Gasteiger partial charge in [-0.15, -0.1) is 0 Å². The van der Waals surface area contributed by atoms with E-state index in [1.54, 1.807) is 0 Å². The van der Waals surface area contributed by atoms with Gasteiger partial charge in [0.1, 0.15) is 12.4 Å². The zero-order valence-electron chi connectivity index (χ0n) is 17.7. The van der Waals surface area contributed by atoms with E-state index in [-0.39, 0.29) is 0 Å². The van der Waals surface area contributed by atoms with E-state index in [9.17, 15) is 4.21 Å². The summed E-state index contributed by atoms with van der Waals surface area (Å²) >= 11 is 0. The first-order chi connectivity index (χ1) is 14.7. The summed E-state index contributed by atoms with van der Waals surface area (Å²) in [4.78, 5) is 9.10. The van der Waals surface area contributed by atoms with E-state index in [1.165, 1.54) is 0 Å². The normalized spacial score (nSPS) is 16.3. The fraction of sp³-hybridized carbons (Fsp3) is 0.435. The Kier molecular flexibility index (Phi) is 9.18. The molecule has 1 atom stereocenters. The van der Waals surface area contributed by atoms with Crippen molar-refractivity contribution in [3.05, 3.63) is 66.2 Å². The minimum Gasteiger partial charge on any atom is -0.492 e. The van der Waals surface area contributed by atoms with Gasteiger partial charge in [0.05, 0.1) is 0 Å². The standard InChI is InChI=1S/C23H32N4O2S/c1-24-23(25-12-19-30(28)20-21-8-4-2-5-9-21)27-15-13-26(14-16-27)17-18-29-22-10-6-3-7-11-22/h2-11H,12-20H2,1H3,(H,24,25). The molecule has 0 spiro atoms. The minimum absolute atomic E-state index is 0.602. The zero-order chi connectivity index (χ0) is 21.0. The molecule has 0 saturated carbocycles. The SMILES string of the molecule is CN=C(NCCS(=O)Cc1ccccc1)N1CCN(CCOc2ccccc2)CC1. The molecule has 30 heavy (non-hydrogen) atoms. The number of hydrogen-bond donors (Lipinski definition) is 1. The van der Waals surface area contributed by atoms with Gasteiger partial charge in [-0.1, -0.05) is 48.5 Å². The number of nitrogens with one attached hydrogen (secondary N) is 1. The number of nitrogens with zero attached hydrogens (tertiary/aromatic N) is 3. The topological polar surface area (TPSA) is 57.2 Å². The molecule has 0 aliphatic carbocycles. The van der Waals surface area contributed by atoms with Crippen molar-refractivity contribution in [1.82, 2.24) is 15.1 Å². The molecule has 0 amide bonds. The van der Waals surface area contributed by atoms with Crippen LogP contribution in [-0.4, -0.2) is 78.6 Å². The second-order valence-corrected chi connectivity index (χ2v) is 8.81. The number of guanidine groups is 1. The minimum atomic E-state index is -0.878. The van der Waals surface area contributed by atoms with Crippen LogP contribution in [0.1, 0.15) is 5.56 Å². The third-order valence-corrected chi connectivity index (χ3v) is 6.40. The van der Waals surface area contributed by atoms with Crippen LogP contribution in [0.2, 0.25) is 0 Å². The highest BCUT2D eigenvalue weighted by Gasteiger charge is 2.19. The molecule has 0 radical (unpaired) electrons. The summed E-state index contributed by atoms with van der Waals surface area (Å²) in [6, 6.07) is 19.9. The highest BCUT2D eigenvalue weighted by Crippen LogP contribution is 2.09. The Hall–Kier alpha value is -2.38. The lowest BCUT2D eigenvalue weighted by Gasteiger charge is -2.36. The van der Waals surface area contributed by atoms with Crippen molar-refractivity contribution in [3.8, 4) is 5.75 Å². The first kappa shape index (κ1) is 22.3. The number of benzene rings is 2. The maximum atomic E-state index is 12.3. The first-order valence-electron chi connectivity index (χ1n) is 10.5. The maximum absolute atomic E-state index is 12.3. The van der Waals surface area contributed by atoms with Gasteiger partial charge in [-0.2, -0.15) is 0 Å². The van der Waals surface area contributed by atoms with Crippen LogP contribution in [0.3, 0.4) is 0 Å². The van der Waals surface area contributed by atoms with Crippen molar-refractivity contribution in [2.75, 3.05) is 58.7 Å². The Bertz CT molecular complexity index is 793. The van der Waals surface area contributed by atoms with Gasteiger partial charge in [-0.3, -0.25) is 14.1 Å². The molecule has 1 fully saturated rings. The van der Waals surface area contributed by atoms with Crippen LogP contribution in [-0.2, 0) is 16.6 Å². The molecule has 1 heterocycles. The number of para-hydroxylation sites is 1. The molecule has 0 bridgehead atoms. The molecule has 7 heteroatoms. The zero-order valence-corrected chi connectivity index (χ0v) is 18.5. The van der Waals surface area contributed by atoms with Gasteiger partial charge < -0.3 is 15.0 Å². The monoisotopic (exact) mass is 428 g/mol. The Balaban J connectivity index is 1.32. The number of hydrogen-bond acceptors (Lipinski definition) is 4. The van der Waals surface area contributed by atoms with Gasteiger partial charge in [0.15, 0.2) is 5.96 Å². The molecule has 1 saturated heterocycles. The van der Waals surface area contributed by atoms with E-state index in [2.05, 4.69) is 20.1 Å². The van der Waals surface area contributed by atoms with E-state index in [1.807, 2.05) is 67.7 Å². The van der Waals surface area contributed by atoms with Crippen molar-refractivity contribution in [3.63, 3.8) is 0 Å². The lowest BCUT2D eigenvalue weighted by molar-refractivity contribution is 0.152. The smallest absolute Gasteiger partial charge is 0.193 e. The molecule has 1 aliphatic heterocycles. The summed E-state index contributed by atoms with van der Waals surface area (Å²) in [6.45, 7) is 6.11. The highest BCUT2D eigenvalue weighted by molar-refractivity contribution is 7.84. The molecule has 1 aliphatic rings. The molecule has 0 aromatic heterocycles. The molecule has 1 N–H and O–H groups in total. The van der Waals surface area contributed by atoms with E-state index < -0.39 is 10.8 Å². The van der Waals surface area contributed by atoms with Crippen LogP contribution < -0.4 is 10.1 Å². The van der Waals surface area contributed by atoms with Crippen molar-refractivity contribution >= 4 is 16.8 Å². The van der Waals surface area contributed by atoms with Crippen molar-refractivity contribution in [2.45, 2.75) is 5.75 Å². The number of rotatable bonds is 9. The molecule has 2 aromatic rings. The van der Waals surface area contributed by atoms with Crippen LogP contribution in [0.15, 0.2) is 65.7 Å². The molecule has 3 rings (SSSR count). The van der Waals surface area contributed by atoms with E-state index in [0.717, 1.165) is 50.0 Å². The summed E-state index contributed by atoms with van der Waals surface area (Å²) in [5.74, 6) is 3.03. The van der Waals surface area contributed by atoms with Gasteiger partial charge in [-0.25, -0.2) is 0 Å². The second kappa shape index (κ2) is 12.3. The van der Waals surface area contributed by atoms with Gasteiger partial charge in [0.25, 0.3) is 0 Å². The lowest BCUT2D eigenvalue weighted by atomic mass is 10.2. The first-order valence-corrected chi connectivity index (χ1v) is 12.0. The fourth-order valence-electron chi connectivity index (χ4n) is 3.43. The van der Waals surface area contributed by atoms with Crippen LogP contribution in [0.5, 0.6) is 5.75 Å². The van der Waals surface area contributed by atoms with Crippen LogP contribution in [0, 0.1) is 0 Å². The molecular formula is C23H32N4O2S. The Labute approximate surface area is 182 Å². The van der Waals surface area contributed by atoms with E-state index in [0.29, 0.717) is 24.7 Å². The third kappa shape index (κ3) is 7.46. The number of aliphatic imine (C=N–C) groups is 1. The summed E-state index contributed by atoms with van der Waals surface area (Å²) < 4.78 is 18.1. The van der Waals surface area contributed by atoms with Crippen LogP contribution in [0.4, 0.5) is 0 Å². The number of ether oxygens (including phenoxy) is 1. The molecule has 1 unspecified atom stereocenters. The summed E-state index contributed by atoms with van der Waals surface area (Å²) in [5.41, 5.74) is 1.12. The molecular weight excluding hydrogens is 396 g/mol. The predicted molar refractivity (Wildman–Crippen MR) is 124 cm³/mol. The van der Waals surface area contributed by atoms with Crippen molar-refractivity contribution in [1.29, 1.82) is 0 Å². The Morgan fingerprint density at radius 2 is 1.70 bits per heavy atom. The van der Waals surface area contributed by atoms with E-state index >= 15 is 0 Å². The van der Waals surface area contributed by atoms with Gasteiger partial charge in [0.2, 0.25) is 0 Å².